The van der Waals surface area contributed by atoms with E-state index in [1.54, 1.807) is 42.5 Å². The Morgan fingerprint density at radius 1 is 0.892 bits per heavy atom. The number of esters is 1. The molecular formula is C28H22Cl2N2O5. The summed E-state index contributed by atoms with van der Waals surface area (Å²) in [4.78, 5) is 54.8. The number of halogens is 2. The number of hydrogen-bond donors (Lipinski definition) is 0. The number of imide groups is 1. The number of nitrogens with zero attached hydrogens (tertiary/aromatic N) is 2. The largest absolute Gasteiger partial charge is 0.426 e. The normalized spacial score (nSPS) is 33.1. The van der Waals surface area contributed by atoms with Crippen LogP contribution in [-0.2, 0) is 19.2 Å². The van der Waals surface area contributed by atoms with Gasteiger partial charge in [-0.25, -0.2) is 0 Å². The lowest BCUT2D eigenvalue weighted by atomic mass is 9.63. The summed E-state index contributed by atoms with van der Waals surface area (Å²) in [7, 11) is 0. The highest BCUT2D eigenvalue weighted by Crippen LogP contribution is 2.65. The van der Waals surface area contributed by atoms with E-state index in [-0.39, 0.29) is 60.1 Å². The van der Waals surface area contributed by atoms with E-state index in [0.29, 0.717) is 33.3 Å². The van der Waals surface area contributed by atoms with Gasteiger partial charge in [-0.15, -0.1) is 0 Å². The highest BCUT2D eigenvalue weighted by Gasteiger charge is 2.67. The van der Waals surface area contributed by atoms with Gasteiger partial charge in [0, 0.05) is 18.0 Å². The molecular weight excluding hydrogens is 515 g/mol. The van der Waals surface area contributed by atoms with Gasteiger partial charge in [0.25, 0.3) is 0 Å². The lowest BCUT2D eigenvalue weighted by Gasteiger charge is -2.37. The molecule has 2 bridgehead atoms. The molecule has 2 aromatic carbocycles. The zero-order valence-electron chi connectivity index (χ0n) is 19.6. The lowest BCUT2D eigenvalue weighted by molar-refractivity contribution is -0.139. The van der Waals surface area contributed by atoms with Crippen molar-refractivity contribution in [3.8, 4) is 5.75 Å². The molecule has 0 spiro atoms. The molecule has 0 unspecified atom stereocenters. The number of carbonyl (C=O) groups is 4. The van der Waals surface area contributed by atoms with E-state index >= 15 is 0 Å². The second kappa shape index (κ2) is 8.17. The van der Waals surface area contributed by atoms with Crippen LogP contribution in [0, 0.1) is 41.4 Å². The Labute approximate surface area is 222 Å². The third kappa shape index (κ3) is 3.47. The van der Waals surface area contributed by atoms with Crippen LogP contribution in [0.15, 0.2) is 54.6 Å². The van der Waals surface area contributed by atoms with Gasteiger partial charge in [0.1, 0.15) is 5.75 Å². The summed E-state index contributed by atoms with van der Waals surface area (Å²) in [5, 5.41) is 0.808. The maximum atomic E-state index is 13.3. The number of amides is 3. The van der Waals surface area contributed by atoms with Gasteiger partial charge in [0.05, 0.1) is 34.2 Å². The van der Waals surface area contributed by atoms with Crippen LogP contribution in [0.25, 0.3) is 0 Å². The van der Waals surface area contributed by atoms with E-state index in [1.807, 2.05) is 0 Å². The van der Waals surface area contributed by atoms with Crippen LogP contribution in [0.2, 0.25) is 10.0 Å². The third-order valence-electron chi connectivity index (χ3n) is 8.63. The minimum Gasteiger partial charge on any atom is -0.426 e. The number of hydrogen-bond acceptors (Lipinski definition) is 5. The molecule has 3 amide bonds. The van der Waals surface area contributed by atoms with E-state index in [9.17, 15) is 19.2 Å². The molecule has 2 aliphatic heterocycles. The minimum absolute atomic E-state index is 0.00231. The number of allylic oxidation sites excluding steroid dienone is 2. The average molecular weight is 537 g/mol. The van der Waals surface area contributed by atoms with Crippen LogP contribution in [0.4, 0.5) is 11.4 Å². The number of anilines is 2. The van der Waals surface area contributed by atoms with Crippen LogP contribution in [0.5, 0.6) is 5.75 Å². The van der Waals surface area contributed by atoms with Crippen molar-refractivity contribution in [2.75, 3.05) is 16.3 Å². The molecule has 4 fully saturated rings. The van der Waals surface area contributed by atoms with Crippen LogP contribution < -0.4 is 14.5 Å². The second-order valence-corrected chi connectivity index (χ2v) is 11.4. The van der Waals surface area contributed by atoms with Crippen LogP contribution in [0.3, 0.4) is 0 Å². The molecule has 0 N–H and O–H groups in total. The van der Waals surface area contributed by atoms with Crippen molar-refractivity contribution in [1.82, 2.24) is 0 Å². The second-order valence-electron chi connectivity index (χ2n) is 10.6. The third-order valence-corrected chi connectivity index (χ3v) is 9.19. The van der Waals surface area contributed by atoms with E-state index in [4.69, 9.17) is 27.9 Å². The quantitative estimate of drug-likeness (QED) is 0.248. The fourth-order valence-corrected chi connectivity index (χ4v) is 7.25. The molecule has 7 atom stereocenters. The molecule has 6 aliphatic rings. The first-order valence-electron chi connectivity index (χ1n) is 12.4. The smallest absolute Gasteiger partial charge is 0.316 e. The topological polar surface area (TPSA) is 84.0 Å². The SMILES string of the molecule is O=C(Oc1ccc(N2C(=O)[C@@H]3[C@H]4C=C[C@@H]([C@@H]5C[C@H]45)[C@H]3C2=O)cc1)[C@@H]1CC(=O)N(c2cc(Cl)ccc2Cl)C1. The van der Waals surface area contributed by atoms with Crippen molar-refractivity contribution < 1.29 is 23.9 Å². The minimum atomic E-state index is -0.665. The van der Waals surface area contributed by atoms with Crippen molar-refractivity contribution in [1.29, 1.82) is 0 Å². The van der Waals surface area contributed by atoms with Gasteiger partial charge in [0.2, 0.25) is 17.7 Å². The standard InChI is InChI=1S/C28H22Cl2N2O5/c29-14-1-8-21(30)22(10-14)31-12-13(9-23(31)33)28(36)37-16-4-2-15(3-5-16)32-26(34)24-17-6-7-18(20-11-19(17)20)25(24)27(32)35/h1-8,10,13,17-20,24-25H,9,11-12H2/t13-,17+,18+,19-,20+,24-,25-/m1/s1. The Kier molecular flexibility index (Phi) is 5.08. The molecule has 8 rings (SSSR count). The van der Waals surface area contributed by atoms with E-state index < -0.39 is 11.9 Å². The first-order chi connectivity index (χ1) is 17.8. The summed E-state index contributed by atoms with van der Waals surface area (Å²) in [6.45, 7) is 0.133. The summed E-state index contributed by atoms with van der Waals surface area (Å²) in [5.74, 6) is -0.540. The van der Waals surface area contributed by atoms with Gasteiger partial charge >= 0.3 is 5.97 Å². The lowest BCUT2D eigenvalue weighted by Crippen LogP contribution is -2.40. The first kappa shape index (κ1) is 23.0. The fourth-order valence-electron chi connectivity index (χ4n) is 6.87. The molecule has 37 heavy (non-hydrogen) atoms. The monoisotopic (exact) mass is 536 g/mol. The fraction of sp³-hybridized carbons (Fsp3) is 0.357. The summed E-state index contributed by atoms with van der Waals surface area (Å²) in [6, 6.07) is 11.2. The van der Waals surface area contributed by atoms with Crippen molar-refractivity contribution in [2.45, 2.75) is 12.8 Å². The molecule has 2 heterocycles. The molecule has 4 aliphatic carbocycles. The molecule has 7 nitrogen and oxygen atoms in total. The van der Waals surface area contributed by atoms with Crippen LogP contribution in [-0.4, -0.2) is 30.2 Å². The Hall–Kier alpha value is -3.16. The molecule has 2 saturated carbocycles. The summed E-state index contributed by atoms with van der Waals surface area (Å²) in [6.07, 6.45) is 5.41. The predicted molar refractivity (Wildman–Crippen MR) is 136 cm³/mol. The van der Waals surface area contributed by atoms with Crippen molar-refractivity contribution >= 4 is 58.3 Å². The van der Waals surface area contributed by atoms with Gasteiger partial charge in [-0.3, -0.25) is 24.1 Å². The highest BCUT2D eigenvalue weighted by atomic mass is 35.5. The summed E-state index contributed by atoms with van der Waals surface area (Å²) >= 11 is 12.3. The molecule has 2 aromatic rings. The van der Waals surface area contributed by atoms with E-state index in [2.05, 4.69) is 12.2 Å². The maximum Gasteiger partial charge on any atom is 0.316 e. The van der Waals surface area contributed by atoms with Crippen LogP contribution in [0.1, 0.15) is 12.8 Å². The zero-order chi connectivity index (χ0) is 25.6. The van der Waals surface area contributed by atoms with Crippen molar-refractivity contribution in [3.63, 3.8) is 0 Å². The Bertz CT molecular complexity index is 1370. The highest BCUT2D eigenvalue weighted by molar-refractivity contribution is 6.36. The van der Waals surface area contributed by atoms with Gasteiger partial charge in [0.15, 0.2) is 0 Å². The average Bonchev–Trinajstić information content (AvgIpc) is 3.57. The van der Waals surface area contributed by atoms with E-state index in [0.717, 1.165) is 6.42 Å². The molecule has 0 radical (unpaired) electrons. The predicted octanol–water partition coefficient (Wildman–Crippen LogP) is 4.51. The zero-order valence-corrected chi connectivity index (χ0v) is 21.1. The molecule has 0 aromatic heterocycles. The number of rotatable bonds is 4. The van der Waals surface area contributed by atoms with Crippen molar-refractivity contribution in [2.24, 2.45) is 41.4 Å². The maximum absolute atomic E-state index is 13.3. The Morgan fingerprint density at radius 3 is 2.19 bits per heavy atom. The van der Waals surface area contributed by atoms with Gasteiger partial charge < -0.3 is 9.64 Å². The molecule has 9 heteroatoms. The molecule has 188 valence electrons. The molecule has 2 saturated heterocycles. The Balaban J connectivity index is 1.04. The van der Waals surface area contributed by atoms with Gasteiger partial charge in [-0.05, 0) is 72.6 Å². The van der Waals surface area contributed by atoms with Gasteiger partial charge in [-0.2, -0.15) is 0 Å². The summed E-state index contributed by atoms with van der Waals surface area (Å²) in [5.41, 5.74) is 0.940. The van der Waals surface area contributed by atoms with Crippen molar-refractivity contribution in [3.05, 3.63) is 64.7 Å². The van der Waals surface area contributed by atoms with Gasteiger partial charge in [-0.1, -0.05) is 35.4 Å². The number of carbonyl (C=O) groups excluding carboxylic acids is 4. The Morgan fingerprint density at radius 2 is 1.54 bits per heavy atom. The number of benzene rings is 2. The van der Waals surface area contributed by atoms with Crippen LogP contribution >= 0.6 is 23.2 Å². The van der Waals surface area contributed by atoms with E-state index in [1.165, 1.54) is 9.80 Å². The number of ether oxygens (including phenoxy) is 1. The summed E-state index contributed by atoms with van der Waals surface area (Å²) < 4.78 is 5.54. The first-order valence-corrected chi connectivity index (χ1v) is 13.2.